The predicted molar refractivity (Wildman–Crippen MR) is 82.7 cm³/mol. The summed E-state index contributed by atoms with van der Waals surface area (Å²) in [6.45, 7) is 3.05. The molecule has 0 bridgehead atoms. The van der Waals surface area contributed by atoms with Crippen LogP contribution in [0.4, 0.5) is 0 Å². The lowest BCUT2D eigenvalue weighted by atomic mass is 10.2. The maximum atomic E-state index is 12.5. The molecule has 110 valence electrons. The van der Waals surface area contributed by atoms with E-state index in [1.54, 1.807) is 30.3 Å². The molecule has 0 fully saturated rings. The zero-order valence-corrected chi connectivity index (χ0v) is 12.8. The molecule has 0 saturated carbocycles. The fourth-order valence-electron chi connectivity index (χ4n) is 1.99. The molecule has 0 atom stereocenters. The Morgan fingerprint density at radius 3 is 2.57 bits per heavy atom. The highest BCUT2D eigenvalue weighted by atomic mass is 35.5. The lowest BCUT2D eigenvalue weighted by molar-refractivity contribution is 0.0752. The molecule has 0 aliphatic rings. The number of amides is 1. The van der Waals surface area contributed by atoms with Crippen LogP contribution in [0.5, 0.6) is 5.75 Å². The highest BCUT2D eigenvalue weighted by Crippen LogP contribution is 2.17. The van der Waals surface area contributed by atoms with Crippen molar-refractivity contribution in [1.29, 1.82) is 0 Å². The smallest absolute Gasteiger partial charge is 0.257 e. The molecule has 1 aromatic heterocycles. The molecule has 1 heterocycles. The SMILES string of the molecule is CCN(Cc1ccc(OC)cc1)C(=O)c1cccnc1Cl. The number of rotatable bonds is 5. The molecule has 0 saturated heterocycles. The molecular weight excluding hydrogens is 288 g/mol. The van der Waals surface area contributed by atoms with E-state index in [0.717, 1.165) is 11.3 Å². The topological polar surface area (TPSA) is 42.4 Å². The molecule has 0 aliphatic carbocycles. The van der Waals surface area contributed by atoms with Gasteiger partial charge in [0.15, 0.2) is 0 Å². The predicted octanol–water partition coefficient (Wildman–Crippen LogP) is 3.41. The summed E-state index contributed by atoms with van der Waals surface area (Å²) in [7, 11) is 1.63. The number of pyridine rings is 1. The first-order chi connectivity index (χ1) is 10.2. The quantitative estimate of drug-likeness (QED) is 0.795. The number of methoxy groups -OCH3 is 1. The van der Waals surface area contributed by atoms with Crippen molar-refractivity contribution in [3.05, 3.63) is 58.9 Å². The fraction of sp³-hybridized carbons (Fsp3) is 0.250. The summed E-state index contributed by atoms with van der Waals surface area (Å²) in [5.74, 6) is 0.676. The first kappa shape index (κ1) is 15.3. The van der Waals surface area contributed by atoms with Crippen molar-refractivity contribution in [3.8, 4) is 5.75 Å². The molecule has 2 aromatic rings. The van der Waals surface area contributed by atoms with Crippen LogP contribution in [0, 0.1) is 0 Å². The minimum atomic E-state index is -0.119. The van der Waals surface area contributed by atoms with Gasteiger partial charge in [-0.15, -0.1) is 0 Å². The van der Waals surface area contributed by atoms with Crippen LogP contribution in [0.3, 0.4) is 0 Å². The maximum absolute atomic E-state index is 12.5. The average molecular weight is 305 g/mol. The Balaban J connectivity index is 2.15. The number of hydrogen-bond donors (Lipinski definition) is 0. The molecule has 0 radical (unpaired) electrons. The number of halogens is 1. The summed E-state index contributed by atoms with van der Waals surface area (Å²) in [4.78, 5) is 18.2. The van der Waals surface area contributed by atoms with Gasteiger partial charge < -0.3 is 9.64 Å². The third-order valence-corrected chi connectivity index (χ3v) is 3.49. The summed E-state index contributed by atoms with van der Waals surface area (Å²) in [5, 5.41) is 0.232. The van der Waals surface area contributed by atoms with Crippen LogP contribution < -0.4 is 4.74 Å². The number of carbonyl (C=O) groups excluding carboxylic acids is 1. The van der Waals surface area contributed by atoms with Gasteiger partial charge in [0.1, 0.15) is 10.9 Å². The van der Waals surface area contributed by atoms with Crippen molar-refractivity contribution in [2.24, 2.45) is 0 Å². The molecule has 0 unspecified atom stereocenters. The Kier molecular flexibility index (Phi) is 5.17. The molecular formula is C16H17ClN2O2. The number of benzene rings is 1. The summed E-state index contributed by atoms with van der Waals surface area (Å²) in [6, 6.07) is 11.0. The highest BCUT2D eigenvalue weighted by Gasteiger charge is 2.17. The van der Waals surface area contributed by atoms with Gasteiger partial charge >= 0.3 is 0 Å². The van der Waals surface area contributed by atoms with E-state index in [9.17, 15) is 4.79 Å². The van der Waals surface area contributed by atoms with Crippen molar-refractivity contribution in [3.63, 3.8) is 0 Å². The summed E-state index contributed by atoms with van der Waals surface area (Å²) in [6.07, 6.45) is 1.57. The monoisotopic (exact) mass is 304 g/mol. The van der Waals surface area contributed by atoms with Crippen LogP contribution in [0.2, 0.25) is 5.15 Å². The Hall–Kier alpha value is -2.07. The van der Waals surface area contributed by atoms with Crippen molar-refractivity contribution >= 4 is 17.5 Å². The van der Waals surface area contributed by atoms with E-state index < -0.39 is 0 Å². The maximum Gasteiger partial charge on any atom is 0.257 e. The van der Waals surface area contributed by atoms with Gasteiger partial charge in [-0.3, -0.25) is 4.79 Å². The highest BCUT2D eigenvalue weighted by molar-refractivity contribution is 6.32. The normalized spacial score (nSPS) is 10.2. The molecule has 2 rings (SSSR count). The lowest BCUT2D eigenvalue weighted by Crippen LogP contribution is -2.30. The standard InChI is InChI=1S/C16H17ClN2O2/c1-3-19(11-12-6-8-13(21-2)9-7-12)16(20)14-5-4-10-18-15(14)17/h4-10H,3,11H2,1-2H3. The van der Waals surface area contributed by atoms with Crippen LogP contribution in [0.25, 0.3) is 0 Å². The Bertz CT molecular complexity index is 614. The Morgan fingerprint density at radius 2 is 2.00 bits per heavy atom. The molecule has 5 heteroatoms. The van der Waals surface area contributed by atoms with E-state index in [4.69, 9.17) is 16.3 Å². The van der Waals surface area contributed by atoms with E-state index in [1.807, 2.05) is 31.2 Å². The largest absolute Gasteiger partial charge is 0.497 e. The van der Waals surface area contributed by atoms with E-state index >= 15 is 0 Å². The molecule has 0 spiro atoms. The minimum Gasteiger partial charge on any atom is -0.497 e. The first-order valence-electron chi connectivity index (χ1n) is 6.68. The summed E-state index contributed by atoms with van der Waals surface area (Å²) < 4.78 is 5.13. The van der Waals surface area contributed by atoms with Gasteiger partial charge in [-0.05, 0) is 36.8 Å². The second-order valence-electron chi connectivity index (χ2n) is 4.51. The van der Waals surface area contributed by atoms with Crippen molar-refractivity contribution in [2.45, 2.75) is 13.5 Å². The molecule has 0 aliphatic heterocycles. The first-order valence-corrected chi connectivity index (χ1v) is 7.06. The van der Waals surface area contributed by atoms with Crippen molar-refractivity contribution in [1.82, 2.24) is 9.88 Å². The van der Waals surface area contributed by atoms with Gasteiger partial charge in [0, 0.05) is 19.3 Å². The number of ether oxygens (including phenoxy) is 1. The molecule has 1 amide bonds. The average Bonchev–Trinajstić information content (AvgIpc) is 2.53. The lowest BCUT2D eigenvalue weighted by Gasteiger charge is -2.21. The molecule has 21 heavy (non-hydrogen) atoms. The third-order valence-electron chi connectivity index (χ3n) is 3.19. The van der Waals surface area contributed by atoms with Gasteiger partial charge in [0.2, 0.25) is 0 Å². The Morgan fingerprint density at radius 1 is 1.29 bits per heavy atom. The number of nitrogens with zero attached hydrogens (tertiary/aromatic N) is 2. The number of carbonyl (C=O) groups is 1. The third kappa shape index (κ3) is 3.73. The Labute approximate surface area is 129 Å². The van der Waals surface area contributed by atoms with Gasteiger partial charge in [0.05, 0.1) is 12.7 Å². The summed E-state index contributed by atoms with van der Waals surface area (Å²) >= 11 is 5.99. The fourth-order valence-corrected chi connectivity index (χ4v) is 2.19. The molecule has 0 N–H and O–H groups in total. The van der Waals surface area contributed by atoms with Gasteiger partial charge in [0.25, 0.3) is 5.91 Å². The van der Waals surface area contributed by atoms with Crippen LogP contribution in [0.1, 0.15) is 22.8 Å². The van der Waals surface area contributed by atoms with Crippen molar-refractivity contribution < 1.29 is 9.53 Å². The van der Waals surface area contributed by atoms with Crippen LogP contribution in [-0.2, 0) is 6.54 Å². The van der Waals surface area contributed by atoms with Gasteiger partial charge in [-0.25, -0.2) is 4.98 Å². The van der Waals surface area contributed by atoms with Gasteiger partial charge in [-0.1, -0.05) is 23.7 Å². The zero-order valence-electron chi connectivity index (χ0n) is 12.0. The second-order valence-corrected chi connectivity index (χ2v) is 4.87. The molecule has 4 nitrogen and oxygen atoms in total. The van der Waals surface area contributed by atoms with E-state index in [-0.39, 0.29) is 11.1 Å². The van der Waals surface area contributed by atoms with Crippen molar-refractivity contribution in [2.75, 3.05) is 13.7 Å². The summed E-state index contributed by atoms with van der Waals surface area (Å²) in [5.41, 5.74) is 1.46. The van der Waals surface area contributed by atoms with Crippen LogP contribution >= 0.6 is 11.6 Å². The molecule has 1 aromatic carbocycles. The van der Waals surface area contributed by atoms with E-state index in [2.05, 4.69) is 4.98 Å². The number of hydrogen-bond acceptors (Lipinski definition) is 3. The second kappa shape index (κ2) is 7.09. The zero-order chi connectivity index (χ0) is 15.2. The number of aromatic nitrogens is 1. The van der Waals surface area contributed by atoms with E-state index in [0.29, 0.717) is 18.7 Å². The van der Waals surface area contributed by atoms with Crippen LogP contribution in [-0.4, -0.2) is 29.4 Å². The minimum absolute atomic E-state index is 0.119. The van der Waals surface area contributed by atoms with E-state index in [1.165, 1.54) is 0 Å². The van der Waals surface area contributed by atoms with Crippen LogP contribution in [0.15, 0.2) is 42.6 Å². The van der Waals surface area contributed by atoms with Gasteiger partial charge in [-0.2, -0.15) is 0 Å².